The molecule has 3 aromatic heterocycles. The van der Waals surface area contributed by atoms with E-state index < -0.39 is 12.2 Å². The lowest BCUT2D eigenvalue weighted by Gasteiger charge is -2.30. The van der Waals surface area contributed by atoms with Gasteiger partial charge in [0, 0.05) is 36.3 Å². The molecule has 9 heteroatoms. The summed E-state index contributed by atoms with van der Waals surface area (Å²) < 4.78 is 27.4. The van der Waals surface area contributed by atoms with Crippen LogP contribution >= 0.6 is 0 Å². The number of likely N-dealkylation sites (tertiary alicyclic amines) is 1. The van der Waals surface area contributed by atoms with Crippen molar-refractivity contribution in [3.63, 3.8) is 0 Å². The summed E-state index contributed by atoms with van der Waals surface area (Å²) in [4.78, 5) is 28.0. The maximum Gasteiger partial charge on any atom is 0.256 e. The van der Waals surface area contributed by atoms with Gasteiger partial charge in [-0.1, -0.05) is 0 Å². The number of furan rings is 1. The fourth-order valence-corrected chi connectivity index (χ4v) is 5.45. The number of halogens is 1. The van der Waals surface area contributed by atoms with Crippen molar-refractivity contribution in [1.82, 2.24) is 19.8 Å². The average Bonchev–Trinajstić information content (AvgIpc) is 3.55. The second kappa shape index (κ2) is 8.90. The molecule has 1 saturated heterocycles. The van der Waals surface area contributed by atoms with Crippen molar-refractivity contribution in [2.24, 2.45) is 0 Å². The minimum atomic E-state index is -0.994. The van der Waals surface area contributed by atoms with Crippen LogP contribution in [0.15, 0.2) is 41.1 Å². The largest absolute Gasteiger partial charge is 0.460 e. The second-order valence-corrected chi connectivity index (χ2v) is 10.1. The lowest BCUT2D eigenvalue weighted by molar-refractivity contribution is 0.0746. The fourth-order valence-electron chi connectivity index (χ4n) is 5.45. The summed E-state index contributed by atoms with van der Waals surface area (Å²) in [5, 5.41) is 7.81. The maximum atomic E-state index is 13.7. The summed E-state index contributed by atoms with van der Waals surface area (Å²) in [6.45, 7) is 6.47. The lowest BCUT2D eigenvalue weighted by atomic mass is 9.90. The molecule has 0 radical (unpaired) electrons. The van der Waals surface area contributed by atoms with Crippen LogP contribution < -0.4 is 10.1 Å². The van der Waals surface area contributed by atoms with E-state index in [1.807, 2.05) is 11.8 Å². The van der Waals surface area contributed by atoms with Crippen molar-refractivity contribution >= 4 is 28.3 Å². The van der Waals surface area contributed by atoms with Crippen LogP contribution in [0.1, 0.15) is 64.6 Å². The van der Waals surface area contributed by atoms with Crippen molar-refractivity contribution in [3.05, 3.63) is 59.1 Å². The monoisotopic (exact) mass is 504 g/mol. The molecule has 2 aliphatic rings. The number of aryl methyl sites for hydroxylation is 2. The van der Waals surface area contributed by atoms with Crippen molar-refractivity contribution in [3.8, 4) is 11.5 Å². The molecule has 0 spiro atoms. The van der Waals surface area contributed by atoms with Gasteiger partial charge in [0.1, 0.15) is 28.8 Å². The number of alkyl halides is 1. The summed E-state index contributed by atoms with van der Waals surface area (Å²) in [6.07, 6.45) is 5.55. The average molecular weight is 505 g/mol. The Labute approximate surface area is 213 Å². The van der Waals surface area contributed by atoms with Gasteiger partial charge in [-0.25, -0.2) is 8.91 Å². The highest BCUT2D eigenvalue weighted by Crippen LogP contribution is 2.35. The summed E-state index contributed by atoms with van der Waals surface area (Å²) in [5.74, 6) is 1.22. The Morgan fingerprint density at radius 3 is 2.73 bits per heavy atom. The van der Waals surface area contributed by atoms with Gasteiger partial charge in [-0.15, -0.1) is 0 Å². The van der Waals surface area contributed by atoms with Crippen LogP contribution in [0.3, 0.4) is 0 Å². The molecule has 1 aromatic carbocycles. The Bertz CT molecular complexity index is 1540. The summed E-state index contributed by atoms with van der Waals surface area (Å²) in [5.41, 5.74) is 3.06. The van der Waals surface area contributed by atoms with Gasteiger partial charge < -0.3 is 19.4 Å². The third-order valence-electron chi connectivity index (χ3n) is 7.73. The van der Waals surface area contributed by atoms with Gasteiger partial charge in [-0.3, -0.25) is 9.59 Å². The highest BCUT2D eigenvalue weighted by molar-refractivity contribution is 6.07. The normalized spacial score (nSPS) is 21.4. The van der Waals surface area contributed by atoms with Crippen molar-refractivity contribution in [2.45, 2.75) is 64.7 Å². The molecule has 2 fully saturated rings. The van der Waals surface area contributed by atoms with Crippen LogP contribution in [-0.4, -0.2) is 51.1 Å². The molecular formula is C28H29FN4O4. The zero-order valence-electron chi connectivity index (χ0n) is 21.1. The molecule has 4 aromatic rings. The topological polar surface area (TPSA) is 89.1 Å². The van der Waals surface area contributed by atoms with Crippen molar-refractivity contribution in [1.29, 1.82) is 0 Å². The van der Waals surface area contributed by atoms with E-state index in [4.69, 9.17) is 9.15 Å². The molecule has 3 atom stereocenters. The molecule has 3 unspecified atom stereocenters. The van der Waals surface area contributed by atoms with E-state index in [2.05, 4.69) is 17.3 Å². The van der Waals surface area contributed by atoms with E-state index in [1.165, 1.54) is 0 Å². The zero-order chi connectivity index (χ0) is 25.8. The Kier molecular flexibility index (Phi) is 5.66. The molecule has 1 aliphatic heterocycles. The molecule has 37 heavy (non-hydrogen) atoms. The van der Waals surface area contributed by atoms with E-state index in [1.54, 1.807) is 48.1 Å². The van der Waals surface area contributed by atoms with Gasteiger partial charge in [-0.05, 0) is 64.2 Å². The van der Waals surface area contributed by atoms with Crippen LogP contribution in [0.25, 0.3) is 16.5 Å². The van der Waals surface area contributed by atoms with E-state index in [0.717, 1.165) is 30.5 Å². The standard InChI is InChI=1S/C28H29FN4O4/c1-15-5-4-12-32(15)28(35)20-14-33-26(16(20)2)23(10-11-30-33)37-18-6-7-19-24(13-18)36-17(3)25(19)27(34)31-22-9-8-21(22)29/h6-7,10-11,13-15,21-22H,4-5,8-9,12H2,1-3H3,(H,31,34). The van der Waals surface area contributed by atoms with Crippen LogP contribution in [0.5, 0.6) is 11.5 Å². The Morgan fingerprint density at radius 1 is 1.19 bits per heavy atom. The van der Waals surface area contributed by atoms with Crippen molar-refractivity contribution in [2.75, 3.05) is 6.54 Å². The van der Waals surface area contributed by atoms with Crippen molar-refractivity contribution < 1.29 is 23.1 Å². The number of nitrogens with zero attached hydrogens (tertiary/aromatic N) is 3. The lowest BCUT2D eigenvalue weighted by Crippen LogP contribution is -2.48. The Morgan fingerprint density at radius 2 is 2.03 bits per heavy atom. The number of carbonyl (C=O) groups is 2. The van der Waals surface area contributed by atoms with Crippen LogP contribution in [0.2, 0.25) is 0 Å². The third-order valence-corrected chi connectivity index (χ3v) is 7.73. The number of hydrogen-bond acceptors (Lipinski definition) is 5. The number of hydrogen-bond donors (Lipinski definition) is 1. The molecule has 4 heterocycles. The molecule has 6 rings (SSSR count). The molecule has 1 N–H and O–H groups in total. The highest BCUT2D eigenvalue weighted by atomic mass is 19.1. The summed E-state index contributed by atoms with van der Waals surface area (Å²) >= 11 is 0. The van der Waals surface area contributed by atoms with Gasteiger partial charge >= 0.3 is 0 Å². The first-order chi connectivity index (χ1) is 17.8. The number of carbonyl (C=O) groups excluding carboxylic acids is 2. The number of aromatic nitrogens is 2. The predicted octanol–water partition coefficient (Wildman–Crippen LogP) is 5.34. The van der Waals surface area contributed by atoms with Gasteiger partial charge in [0.2, 0.25) is 0 Å². The third kappa shape index (κ3) is 3.93. The molecule has 2 amide bonds. The number of nitrogens with one attached hydrogen (secondary N) is 1. The van der Waals surface area contributed by atoms with Crippen LogP contribution in [0.4, 0.5) is 4.39 Å². The van der Waals surface area contributed by atoms with E-state index >= 15 is 0 Å². The summed E-state index contributed by atoms with van der Waals surface area (Å²) in [6, 6.07) is 6.82. The predicted molar refractivity (Wildman–Crippen MR) is 136 cm³/mol. The molecule has 8 nitrogen and oxygen atoms in total. The fraction of sp³-hybridized carbons (Fsp3) is 0.393. The van der Waals surface area contributed by atoms with E-state index in [0.29, 0.717) is 52.2 Å². The van der Waals surface area contributed by atoms with Crippen LogP contribution in [0, 0.1) is 13.8 Å². The van der Waals surface area contributed by atoms with Gasteiger partial charge in [0.15, 0.2) is 5.75 Å². The molecule has 0 bridgehead atoms. The number of rotatable bonds is 5. The quantitative estimate of drug-likeness (QED) is 0.396. The number of benzene rings is 1. The minimum absolute atomic E-state index is 0.0122. The first kappa shape index (κ1) is 23.5. The smallest absolute Gasteiger partial charge is 0.256 e. The van der Waals surface area contributed by atoms with E-state index in [9.17, 15) is 14.0 Å². The SMILES string of the molecule is Cc1oc2cc(Oc3ccnn4cc(C(=O)N5CCCC5C)c(C)c34)ccc2c1C(=O)NC1CCC1F. The Hall–Kier alpha value is -3.88. The highest BCUT2D eigenvalue weighted by Gasteiger charge is 2.33. The van der Waals surface area contributed by atoms with E-state index in [-0.39, 0.29) is 17.9 Å². The number of amides is 2. The maximum absolute atomic E-state index is 13.7. The van der Waals surface area contributed by atoms with Gasteiger partial charge in [0.25, 0.3) is 11.8 Å². The zero-order valence-corrected chi connectivity index (χ0v) is 21.1. The second-order valence-electron chi connectivity index (χ2n) is 10.1. The Balaban J connectivity index is 1.30. The van der Waals surface area contributed by atoms with Crippen LogP contribution in [-0.2, 0) is 0 Å². The van der Waals surface area contributed by atoms with Gasteiger partial charge in [0.05, 0.1) is 23.4 Å². The summed E-state index contributed by atoms with van der Waals surface area (Å²) in [7, 11) is 0. The molecular weight excluding hydrogens is 475 g/mol. The number of fused-ring (bicyclic) bond motifs is 2. The first-order valence-corrected chi connectivity index (χ1v) is 12.8. The molecule has 1 aliphatic carbocycles. The minimum Gasteiger partial charge on any atom is -0.460 e. The molecule has 192 valence electrons. The van der Waals surface area contributed by atoms with Gasteiger partial charge in [-0.2, -0.15) is 5.10 Å². The first-order valence-electron chi connectivity index (χ1n) is 12.8. The number of ether oxygens (including phenoxy) is 1. The molecule has 1 saturated carbocycles.